The molecule has 0 N–H and O–H groups in total. The molecule has 1 aliphatic rings. The van der Waals surface area contributed by atoms with Crippen molar-refractivity contribution < 1.29 is 4.74 Å². The summed E-state index contributed by atoms with van der Waals surface area (Å²) < 4.78 is 5.55. The van der Waals surface area contributed by atoms with Crippen molar-refractivity contribution in [1.29, 1.82) is 0 Å². The maximum absolute atomic E-state index is 5.55. The summed E-state index contributed by atoms with van der Waals surface area (Å²) in [5.41, 5.74) is 1.27. The van der Waals surface area contributed by atoms with E-state index in [9.17, 15) is 0 Å². The van der Waals surface area contributed by atoms with Crippen molar-refractivity contribution >= 4 is 5.90 Å². The van der Waals surface area contributed by atoms with E-state index in [2.05, 4.69) is 27.1 Å². The van der Waals surface area contributed by atoms with Gasteiger partial charge in [-0.3, -0.25) is 0 Å². The first-order valence-corrected chi connectivity index (χ1v) is 5.94. The van der Waals surface area contributed by atoms with Crippen LogP contribution < -0.4 is 0 Å². The van der Waals surface area contributed by atoms with E-state index < -0.39 is 0 Å². The molecule has 1 aliphatic heterocycles. The molecule has 0 saturated carbocycles. The van der Waals surface area contributed by atoms with Gasteiger partial charge in [-0.15, -0.1) is 0 Å². The second-order valence-electron chi connectivity index (χ2n) is 4.16. The topological polar surface area (TPSA) is 47.4 Å². The van der Waals surface area contributed by atoms with Gasteiger partial charge in [0, 0.05) is 12.4 Å². The molecule has 0 saturated heterocycles. The zero-order valence-corrected chi connectivity index (χ0v) is 9.86. The molecule has 2 heterocycles. The summed E-state index contributed by atoms with van der Waals surface area (Å²) in [6.07, 6.45) is 4.27. The van der Waals surface area contributed by atoms with E-state index in [1.54, 1.807) is 18.5 Å². The molecule has 1 aromatic carbocycles. The van der Waals surface area contributed by atoms with Crippen molar-refractivity contribution in [2.75, 3.05) is 6.61 Å². The fourth-order valence-electron chi connectivity index (χ4n) is 1.94. The number of aliphatic imine (C=N–C) groups is 1. The van der Waals surface area contributed by atoms with Gasteiger partial charge in [0.15, 0.2) is 0 Å². The molecular formula is C14H13N3O. The maximum atomic E-state index is 5.55. The zero-order valence-electron chi connectivity index (χ0n) is 9.86. The van der Waals surface area contributed by atoms with Crippen molar-refractivity contribution in [1.82, 2.24) is 9.97 Å². The van der Waals surface area contributed by atoms with Gasteiger partial charge in [-0.1, -0.05) is 30.3 Å². The standard InChI is InChI=1S/C14H13N3O/c1-2-5-11(6-3-1)9-12-10-18-14(17-12)13-15-7-4-8-16-13/h1-8,12H,9-10H2/t12-/m1/s1. The summed E-state index contributed by atoms with van der Waals surface area (Å²) in [6, 6.07) is 12.2. The van der Waals surface area contributed by atoms with Crippen LogP contribution in [0.5, 0.6) is 0 Å². The Kier molecular flexibility index (Phi) is 3.00. The number of nitrogens with zero attached hydrogens (tertiary/aromatic N) is 3. The molecule has 4 heteroatoms. The SMILES string of the molecule is c1ccc(C[C@@H]2COC(c3ncccn3)=N2)cc1. The van der Waals surface area contributed by atoms with E-state index in [0.717, 1.165) is 6.42 Å². The van der Waals surface area contributed by atoms with Gasteiger partial charge < -0.3 is 4.74 Å². The Morgan fingerprint density at radius 1 is 1.06 bits per heavy atom. The third-order valence-corrected chi connectivity index (χ3v) is 2.78. The van der Waals surface area contributed by atoms with Crippen LogP contribution in [0.4, 0.5) is 0 Å². The van der Waals surface area contributed by atoms with Gasteiger partial charge >= 0.3 is 0 Å². The molecule has 0 unspecified atom stereocenters. The first-order valence-electron chi connectivity index (χ1n) is 5.94. The van der Waals surface area contributed by atoms with Crippen LogP contribution in [0.25, 0.3) is 0 Å². The number of benzene rings is 1. The van der Waals surface area contributed by atoms with Crippen LogP contribution in [0.15, 0.2) is 53.8 Å². The molecule has 0 bridgehead atoms. The van der Waals surface area contributed by atoms with Gasteiger partial charge in [-0.05, 0) is 18.1 Å². The highest BCUT2D eigenvalue weighted by molar-refractivity contribution is 5.91. The van der Waals surface area contributed by atoms with E-state index >= 15 is 0 Å². The molecule has 1 aromatic heterocycles. The Balaban J connectivity index is 1.73. The molecule has 0 fully saturated rings. The summed E-state index contributed by atoms with van der Waals surface area (Å²) in [7, 11) is 0. The minimum atomic E-state index is 0.159. The summed E-state index contributed by atoms with van der Waals surface area (Å²) >= 11 is 0. The Hall–Kier alpha value is -2.23. The fraction of sp³-hybridized carbons (Fsp3) is 0.214. The molecule has 2 aromatic rings. The molecular weight excluding hydrogens is 226 g/mol. The molecule has 0 amide bonds. The lowest BCUT2D eigenvalue weighted by molar-refractivity contribution is 0.315. The minimum Gasteiger partial charge on any atom is -0.473 e. The Labute approximate surface area is 105 Å². The van der Waals surface area contributed by atoms with E-state index in [0.29, 0.717) is 18.3 Å². The van der Waals surface area contributed by atoms with Gasteiger partial charge in [0.05, 0.1) is 6.04 Å². The second-order valence-corrected chi connectivity index (χ2v) is 4.16. The van der Waals surface area contributed by atoms with Crippen LogP contribution in [0.2, 0.25) is 0 Å². The van der Waals surface area contributed by atoms with Crippen molar-refractivity contribution in [2.24, 2.45) is 4.99 Å². The van der Waals surface area contributed by atoms with E-state index in [1.165, 1.54) is 5.56 Å². The average Bonchev–Trinajstić information content (AvgIpc) is 2.89. The Morgan fingerprint density at radius 3 is 2.61 bits per heavy atom. The van der Waals surface area contributed by atoms with Gasteiger partial charge in [0.1, 0.15) is 6.61 Å². The molecule has 3 rings (SSSR count). The Morgan fingerprint density at radius 2 is 1.83 bits per heavy atom. The first-order chi connectivity index (χ1) is 8.92. The van der Waals surface area contributed by atoms with Crippen LogP contribution >= 0.6 is 0 Å². The summed E-state index contributed by atoms with van der Waals surface area (Å²) in [4.78, 5) is 12.8. The van der Waals surface area contributed by atoms with E-state index in [4.69, 9.17) is 4.74 Å². The summed E-state index contributed by atoms with van der Waals surface area (Å²) in [5, 5.41) is 0. The minimum absolute atomic E-state index is 0.159. The summed E-state index contributed by atoms with van der Waals surface area (Å²) in [5.74, 6) is 1.12. The largest absolute Gasteiger partial charge is 0.473 e. The highest BCUT2D eigenvalue weighted by Gasteiger charge is 2.21. The number of aromatic nitrogens is 2. The normalized spacial score (nSPS) is 18.2. The first kappa shape index (κ1) is 10.9. The van der Waals surface area contributed by atoms with Crippen molar-refractivity contribution in [3.8, 4) is 0 Å². The zero-order chi connectivity index (χ0) is 12.2. The van der Waals surface area contributed by atoms with Crippen molar-refractivity contribution in [2.45, 2.75) is 12.5 Å². The van der Waals surface area contributed by atoms with Crippen molar-refractivity contribution in [3.63, 3.8) is 0 Å². The molecule has 90 valence electrons. The van der Waals surface area contributed by atoms with Crippen LogP contribution in [-0.2, 0) is 11.2 Å². The molecule has 4 nitrogen and oxygen atoms in total. The predicted octanol–water partition coefficient (Wildman–Crippen LogP) is 1.86. The summed E-state index contributed by atoms with van der Waals surface area (Å²) in [6.45, 7) is 0.600. The number of hydrogen-bond donors (Lipinski definition) is 0. The third kappa shape index (κ3) is 2.37. The van der Waals surface area contributed by atoms with Gasteiger partial charge in [-0.25, -0.2) is 15.0 Å². The third-order valence-electron chi connectivity index (χ3n) is 2.78. The Bertz CT molecular complexity index is 539. The molecule has 0 aliphatic carbocycles. The smallest absolute Gasteiger partial charge is 0.255 e. The monoisotopic (exact) mass is 239 g/mol. The lowest BCUT2D eigenvalue weighted by Crippen LogP contribution is -2.09. The van der Waals surface area contributed by atoms with Crippen LogP contribution in [0, 0.1) is 0 Å². The van der Waals surface area contributed by atoms with Gasteiger partial charge in [0.2, 0.25) is 5.82 Å². The lowest BCUT2D eigenvalue weighted by Gasteiger charge is -2.03. The van der Waals surface area contributed by atoms with Crippen LogP contribution in [0.3, 0.4) is 0 Å². The lowest BCUT2D eigenvalue weighted by atomic mass is 10.1. The maximum Gasteiger partial charge on any atom is 0.255 e. The van der Waals surface area contributed by atoms with Gasteiger partial charge in [0.25, 0.3) is 5.90 Å². The molecule has 1 atom stereocenters. The van der Waals surface area contributed by atoms with Crippen molar-refractivity contribution in [3.05, 3.63) is 60.2 Å². The highest BCUT2D eigenvalue weighted by atomic mass is 16.5. The van der Waals surface area contributed by atoms with Crippen LogP contribution in [0.1, 0.15) is 11.4 Å². The molecule has 0 radical (unpaired) electrons. The highest BCUT2D eigenvalue weighted by Crippen LogP contribution is 2.13. The quantitative estimate of drug-likeness (QED) is 0.821. The second kappa shape index (κ2) is 4.96. The number of ether oxygens (including phenoxy) is 1. The van der Waals surface area contributed by atoms with E-state index in [1.807, 2.05) is 18.2 Å². The van der Waals surface area contributed by atoms with Crippen LogP contribution in [-0.4, -0.2) is 28.5 Å². The average molecular weight is 239 g/mol. The number of rotatable bonds is 3. The molecule has 0 spiro atoms. The van der Waals surface area contributed by atoms with Gasteiger partial charge in [-0.2, -0.15) is 0 Å². The predicted molar refractivity (Wildman–Crippen MR) is 68.5 cm³/mol. The number of hydrogen-bond acceptors (Lipinski definition) is 4. The molecule has 18 heavy (non-hydrogen) atoms. The fourth-order valence-corrected chi connectivity index (χ4v) is 1.94. The van der Waals surface area contributed by atoms with E-state index in [-0.39, 0.29) is 6.04 Å².